The molecule has 0 saturated carbocycles. The van der Waals surface area contributed by atoms with E-state index in [0.717, 1.165) is 27.1 Å². The van der Waals surface area contributed by atoms with Gasteiger partial charge in [0.1, 0.15) is 10.5 Å². The maximum atomic E-state index is 13.1. The van der Waals surface area contributed by atoms with E-state index in [4.69, 9.17) is 12.2 Å². The van der Waals surface area contributed by atoms with Crippen LogP contribution < -0.4 is 10.5 Å². The number of nitrogens with one attached hydrogen (secondary N) is 1. The van der Waals surface area contributed by atoms with Gasteiger partial charge in [0, 0.05) is 12.7 Å². The minimum absolute atomic E-state index is 0.0231. The molecule has 2 heterocycles. The van der Waals surface area contributed by atoms with Crippen LogP contribution in [-0.4, -0.2) is 46.0 Å². The number of carbonyl (C=O) groups is 2. The SMILES string of the molecule is C=CCN1C(=O)/C(=C/c2cccn2S(=O)(=O)c2ccccc2N([O-])O)C(=O)NC1=S. The van der Waals surface area contributed by atoms with Gasteiger partial charge in [0.2, 0.25) is 0 Å². The van der Waals surface area contributed by atoms with E-state index < -0.39 is 37.6 Å². The minimum atomic E-state index is -4.35. The van der Waals surface area contributed by atoms with Crippen LogP contribution in [-0.2, 0) is 19.6 Å². The molecule has 0 unspecified atom stereocenters. The normalized spacial score (nSPS) is 16.0. The lowest BCUT2D eigenvalue weighted by molar-refractivity contribution is -0.128. The second-order valence-electron chi connectivity index (χ2n) is 6.00. The van der Waals surface area contributed by atoms with E-state index in [1.165, 1.54) is 36.5 Å². The number of hydrogen-bond acceptors (Lipinski definition) is 8. The molecule has 3 rings (SSSR count). The van der Waals surface area contributed by atoms with Gasteiger partial charge in [-0.2, -0.15) is 0 Å². The largest absolute Gasteiger partial charge is 0.733 e. The van der Waals surface area contributed by atoms with E-state index >= 15 is 0 Å². The summed E-state index contributed by atoms with van der Waals surface area (Å²) >= 11 is 4.97. The number of thiocarbonyl (C=S) groups is 1. The molecule has 1 fully saturated rings. The Balaban J connectivity index is 2.10. The number of amides is 2. The van der Waals surface area contributed by atoms with E-state index in [1.807, 2.05) is 0 Å². The number of hydrogen-bond donors (Lipinski definition) is 2. The molecule has 1 aliphatic heterocycles. The van der Waals surface area contributed by atoms with E-state index in [2.05, 4.69) is 11.9 Å². The van der Waals surface area contributed by atoms with Crippen molar-refractivity contribution in [2.75, 3.05) is 11.8 Å². The van der Waals surface area contributed by atoms with Crippen LogP contribution in [0, 0.1) is 5.21 Å². The van der Waals surface area contributed by atoms with Crippen LogP contribution in [0.5, 0.6) is 0 Å². The molecular formula is C18H15N4O6S2-. The zero-order valence-electron chi connectivity index (χ0n) is 15.3. The number of nitrogens with zero attached hydrogens (tertiary/aromatic N) is 3. The van der Waals surface area contributed by atoms with Gasteiger partial charge in [-0.15, -0.1) is 6.58 Å². The molecule has 0 bridgehead atoms. The van der Waals surface area contributed by atoms with Gasteiger partial charge < -0.3 is 10.4 Å². The molecule has 12 heteroatoms. The predicted octanol–water partition coefficient (Wildman–Crippen LogP) is 1.23. The van der Waals surface area contributed by atoms with E-state index in [-0.39, 0.29) is 22.9 Å². The maximum Gasteiger partial charge on any atom is 0.270 e. The van der Waals surface area contributed by atoms with Gasteiger partial charge in [-0.25, -0.2) is 12.4 Å². The molecule has 10 nitrogen and oxygen atoms in total. The molecule has 2 N–H and O–H groups in total. The van der Waals surface area contributed by atoms with Crippen LogP contribution in [0.2, 0.25) is 0 Å². The van der Waals surface area contributed by atoms with Gasteiger partial charge in [0.25, 0.3) is 21.8 Å². The van der Waals surface area contributed by atoms with Crippen molar-refractivity contribution in [1.82, 2.24) is 14.2 Å². The highest BCUT2D eigenvalue weighted by molar-refractivity contribution is 7.90. The number of para-hydroxylation sites is 1. The lowest BCUT2D eigenvalue weighted by Gasteiger charge is -2.28. The van der Waals surface area contributed by atoms with Gasteiger partial charge in [-0.3, -0.25) is 25.0 Å². The monoisotopic (exact) mass is 447 g/mol. The van der Waals surface area contributed by atoms with Crippen LogP contribution >= 0.6 is 12.2 Å². The van der Waals surface area contributed by atoms with Gasteiger partial charge in [-0.1, -0.05) is 18.2 Å². The van der Waals surface area contributed by atoms with Crippen LogP contribution in [0.1, 0.15) is 5.69 Å². The zero-order chi connectivity index (χ0) is 22.1. The average molecular weight is 447 g/mol. The van der Waals surface area contributed by atoms with Crippen LogP contribution in [0.15, 0.2) is 65.7 Å². The van der Waals surface area contributed by atoms with Crippen molar-refractivity contribution < 1.29 is 23.2 Å². The van der Waals surface area contributed by atoms with Gasteiger partial charge in [0.05, 0.1) is 11.4 Å². The molecule has 0 atom stereocenters. The summed E-state index contributed by atoms with van der Waals surface area (Å²) in [5.41, 5.74) is -0.842. The lowest BCUT2D eigenvalue weighted by Crippen LogP contribution is -2.53. The minimum Gasteiger partial charge on any atom is -0.733 e. The Hall–Kier alpha value is -3.32. The van der Waals surface area contributed by atoms with Gasteiger partial charge in [0.15, 0.2) is 5.11 Å². The zero-order valence-corrected chi connectivity index (χ0v) is 16.9. The topological polar surface area (TPSA) is 135 Å². The molecule has 0 spiro atoms. The number of carbonyl (C=O) groups excluding carboxylic acids is 2. The molecule has 1 aliphatic rings. The Bertz CT molecular complexity index is 1180. The molecule has 1 aromatic heterocycles. The number of rotatable bonds is 6. The van der Waals surface area contributed by atoms with Gasteiger partial charge >= 0.3 is 0 Å². The quantitative estimate of drug-likeness (QED) is 0.222. The van der Waals surface area contributed by atoms with Crippen molar-refractivity contribution in [2.24, 2.45) is 0 Å². The molecule has 0 aliphatic carbocycles. The molecule has 1 aromatic carbocycles. The Labute approximate surface area is 176 Å². The first-order valence-electron chi connectivity index (χ1n) is 8.36. The van der Waals surface area contributed by atoms with Crippen molar-refractivity contribution in [3.8, 4) is 0 Å². The summed E-state index contributed by atoms with van der Waals surface area (Å²) in [6.07, 6.45) is 3.71. The summed E-state index contributed by atoms with van der Waals surface area (Å²) in [4.78, 5) is 25.6. The van der Waals surface area contributed by atoms with E-state index in [1.54, 1.807) is 0 Å². The highest BCUT2D eigenvalue weighted by Crippen LogP contribution is 2.27. The smallest absolute Gasteiger partial charge is 0.270 e. The lowest BCUT2D eigenvalue weighted by atomic mass is 10.1. The number of benzene rings is 1. The summed E-state index contributed by atoms with van der Waals surface area (Å²) < 4.78 is 27.0. The molecule has 30 heavy (non-hydrogen) atoms. The summed E-state index contributed by atoms with van der Waals surface area (Å²) in [7, 11) is -4.35. The van der Waals surface area contributed by atoms with Crippen LogP contribution in [0.3, 0.4) is 0 Å². The van der Waals surface area contributed by atoms with Crippen LogP contribution in [0.25, 0.3) is 6.08 Å². The first-order valence-corrected chi connectivity index (χ1v) is 10.2. The second-order valence-corrected chi connectivity index (χ2v) is 8.17. The Morgan fingerprint density at radius 3 is 2.60 bits per heavy atom. The third-order valence-corrected chi connectivity index (χ3v) is 6.21. The van der Waals surface area contributed by atoms with Crippen molar-refractivity contribution in [2.45, 2.75) is 4.90 Å². The first-order chi connectivity index (χ1) is 14.2. The molecule has 2 aromatic rings. The fourth-order valence-corrected chi connectivity index (χ4v) is 4.53. The highest BCUT2D eigenvalue weighted by atomic mass is 32.2. The first kappa shape index (κ1) is 21.4. The summed E-state index contributed by atoms with van der Waals surface area (Å²) in [5, 5.41) is 22.3. The fourth-order valence-electron chi connectivity index (χ4n) is 2.79. The molecule has 1 saturated heterocycles. The van der Waals surface area contributed by atoms with E-state index in [0.29, 0.717) is 0 Å². The second kappa shape index (κ2) is 8.20. The number of aromatic nitrogens is 1. The molecule has 0 radical (unpaired) electrons. The molecular weight excluding hydrogens is 432 g/mol. The van der Waals surface area contributed by atoms with Crippen molar-refractivity contribution in [3.63, 3.8) is 0 Å². The fraction of sp³-hybridized carbons (Fsp3) is 0.0556. The summed E-state index contributed by atoms with van der Waals surface area (Å²) in [6, 6.07) is 7.80. The Morgan fingerprint density at radius 1 is 1.23 bits per heavy atom. The maximum absolute atomic E-state index is 13.1. The molecule has 2 amide bonds. The Kier molecular flexibility index (Phi) is 5.85. The standard InChI is InChI=1S/C18H15N4O6S2/c1-2-9-20-17(24)13(16(23)19-18(20)29)11-12-6-5-10-21(12)30(27,28)15-8-4-3-7-14(15)22(25)26/h2-8,10-11,25H,1,9H2,(H,19,23,29)/q-1/b13-11+. The van der Waals surface area contributed by atoms with Crippen molar-refractivity contribution in [3.05, 3.63) is 71.7 Å². The van der Waals surface area contributed by atoms with Crippen LogP contribution in [0.4, 0.5) is 5.69 Å². The summed E-state index contributed by atoms with van der Waals surface area (Å²) in [6.45, 7) is 3.58. The third kappa shape index (κ3) is 3.76. The number of anilines is 1. The van der Waals surface area contributed by atoms with E-state index in [9.17, 15) is 28.4 Å². The predicted molar refractivity (Wildman–Crippen MR) is 112 cm³/mol. The highest BCUT2D eigenvalue weighted by Gasteiger charge is 2.33. The average Bonchev–Trinajstić information content (AvgIpc) is 3.17. The van der Waals surface area contributed by atoms with Gasteiger partial charge in [-0.05, 0) is 42.6 Å². The van der Waals surface area contributed by atoms with Crippen molar-refractivity contribution in [1.29, 1.82) is 0 Å². The third-order valence-electron chi connectivity index (χ3n) is 4.14. The molecule has 156 valence electrons. The summed E-state index contributed by atoms with van der Waals surface area (Å²) in [5.74, 6) is -1.49. The van der Waals surface area contributed by atoms with Crippen molar-refractivity contribution >= 4 is 50.9 Å². The Morgan fingerprint density at radius 2 is 1.93 bits per heavy atom.